The molecule has 9 atom stereocenters. The van der Waals surface area contributed by atoms with E-state index in [2.05, 4.69) is 0 Å². The van der Waals surface area contributed by atoms with Gasteiger partial charge in [-0.25, -0.2) is 4.79 Å². The standard InChI is InChI=1S/C21H25NO10/c22-7-6-11-13(30-21-18(28)17(27)16(26)14(9-23)31-21)8-12(24)19(15(11)25)32-20(29)10-4-2-1-3-5-10/h1-6,12-19,21,23-28H,8-9H2/b11-6+/t12-,13+,14+,15+,16+,17-,18+,19-,21+/m0/s1. The first-order chi connectivity index (χ1) is 15.3. The summed E-state index contributed by atoms with van der Waals surface area (Å²) in [6, 6.07) is 9.69. The van der Waals surface area contributed by atoms with Gasteiger partial charge in [-0.3, -0.25) is 0 Å². The molecule has 0 bridgehead atoms. The maximum Gasteiger partial charge on any atom is 0.338 e. The zero-order chi connectivity index (χ0) is 23.4. The van der Waals surface area contributed by atoms with Crippen molar-refractivity contribution in [2.24, 2.45) is 0 Å². The number of benzene rings is 1. The lowest BCUT2D eigenvalue weighted by molar-refractivity contribution is -0.312. The Bertz CT molecular complexity index is 854. The Morgan fingerprint density at radius 1 is 1.12 bits per heavy atom. The molecule has 1 saturated heterocycles. The zero-order valence-electron chi connectivity index (χ0n) is 16.8. The van der Waals surface area contributed by atoms with Crippen LogP contribution in [-0.2, 0) is 14.2 Å². The molecule has 1 heterocycles. The monoisotopic (exact) mass is 451 g/mol. The molecule has 1 aromatic rings. The third-order valence-electron chi connectivity index (χ3n) is 5.49. The summed E-state index contributed by atoms with van der Waals surface area (Å²) < 4.78 is 16.2. The summed E-state index contributed by atoms with van der Waals surface area (Å²) in [6.45, 7) is -0.668. The number of aliphatic hydroxyl groups is 6. The fourth-order valence-electron chi connectivity index (χ4n) is 3.72. The number of nitrogens with zero attached hydrogens (tertiary/aromatic N) is 1. The molecule has 0 spiro atoms. The van der Waals surface area contributed by atoms with Gasteiger partial charge < -0.3 is 44.8 Å². The number of allylic oxidation sites excluding steroid dienone is 1. The van der Waals surface area contributed by atoms with Crippen molar-refractivity contribution in [3.63, 3.8) is 0 Å². The van der Waals surface area contributed by atoms with E-state index in [4.69, 9.17) is 19.5 Å². The van der Waals surface area contributed by atoms with Gasteiger partial charge in [0.25, 0.3) is 0 Å². The van der Waals surface area contributed by atoms with E-state index in [-0.39, 0.29) is 17.6 Å². The molecule has 1 saturated carbocycles. The van der Waals surface area contributed by atoms with Gasteiger partial charge in [-0.2, -0.15) is 5.26 Å². The topological polar surface area (TPSA) is 190 Å². The van der Waals surface area contributed by atoms with Crippen LogP contribution in [0.25, 0.3) is 0 Å². The number of carbonyl (C=O) groups is 1. The second kappa shape index (κ2) is 10.5. The molecule has 32 heavy (non-hydrogen) atoms. The minimum atomic E-state index is -1.71. The summed E-state index contributed by atoms with van der Waals surface area (Å²) in [5.74, 6) is -0.779. The van der Waals surface area contributed by atoms with Crippen LogP contribution in [-0.4, -0.2) is 98.3 Å². The van der Waals surface area contributed by atoms with Crippen molar-refractivity contribution in [3.8, 4) is 6.07 Å². The van der Waals surface area contributed by atoms with E-state index in [1.54, 1.807) is 24.3 Å². The Morgan fingerprint density at radius 3 is 2.44 bits per heavy atom. The Balaban J connectivity index is 1.76. The van der Waals surface area contributed by atoms with Crippen molar-refractivity contribution in [1.29, 1.82) is 5.26 Å². The molecule has 0 radical (unpaired) electrons. The van der Waals surface area contributed by atoms with Crippen LogP contribution in [0.1, 0.15) is 16.8 Å². The lowest BCUT2D eigenvalue weighted by Crippen LogP contribution is -2.60. The van der Waals surface area contributed by atoms with Crippen LogP contribution >= 0.6 is 0 Å². The molecule has 174 valence electrons. The number of ether oxygens (including phenoxy) is 3. The fraction of sp³-hybridized carbons (Fsp3) is 0.524. The first kappa shape index (κ1) is 24.2. The van der Waals surface area contributed by atoms with Crippen molar-refractivity contribution >= 4 is 5.97 Å². The molecule has 2 fully saturated rings. The third kappa shape index (κ3) is 4.98. The highest BCUT2D eigenvalue weighted by Crippen LogP contribution is 2.33. The molecule has 1 aliphatic carbocycles. The Morgan fingerprint density at radius 2 is 1.81 bits per heavy atom. The summed E-state index contributed by atoms with van der Waals surface area (Å²) in [4.78, 5) is 12.4. The third-order valence-corrected chi connectivity index (χ3v) is 5.49. The van der Waals surface area contributed by atoms with Crippen molar-refractivity contribution in [2.45, 2.75) is 61.5 Å². The molecule has 11 nitrogen and oxygen atoms in total. The average Bonchev–Trinajstić information content (AvgIpc) is 2.79. The summed E-state index contributed by atoms with van der Waals surface area (Å²) in [5, 5.41) is 69.7. The molecule has 2 aliphatic rings. The fourth-order valence-corrected chi connectivity index (χ4v) is 3.72. The normalized spacial score (nSPS) is 38.8. The SMILES string of the molecule is N#C/C=C1/[C@@H](O)[C@@H](OC(=O)c2ccccc2)[C@@H](O)C[C@H]1O[C@@H]1O[C@H](CO)[C@@H](O)[C@H](O)[C@H]1O. The predicted octanol–water partition coefficient (Wildman–Crippen LogP) is -2.03. The van der Waals surface area contributed by atoms with Crippen molar-refractivity contribution < 1.29 is 49.6 Å². The maximum atomic E-state index is 12.4. The molecular weight excluding hydrogens is 426 g/mol. The number of aliphatic hydroxyl groups excluding tert-OH is 6. The molecular formula is C21H25NO10. The van der Waals surface area contributed by atoms with Crippen LogP contribution in [0, 0.1) is 11.3 Å². The molecule has 0 aromatic heterocycles. The van der Waals surface area contributed by atoms with Crippen LogP contribution < -0.4 is 0 Å². The van der Waals surface area contributed by atoms with Crippen LogP contribution in [0.4, 0.5) is 0 Å². The van der Waals surface area contributed by atoms with Crippen molar-refractivity contribution in [3.05, 3.63) is 47.5 Å². The van der Waals surface area contributed by atoms with E-state index in [0.717, 1.165) is 6.08 Å². The van der Waals surface area contributed by atoms with Gasteiger partial charge in [0.15, 0.2) is 12.4 Å². The largest absolute Gasteiger partial charge is 0.453 e. The van der Waals surface area contributed by atoms with Gasteiger partial charge in [0.1, 0.15) is 30.5 Å². The first-order valence-electron chi connectivity index (χ1n) is 9.96. The van der Waals surface area contributed by atoms with Crippen molar-refractivity contribution in [2.75, 3.05) is 6.61 Å². The van der Waals surface area contributed by atoms with Crippen molar-refractivity contribution in [1.82, 2.24) is 0 Å². The van der Waals surface area contributed by atoms with E-state index in [0.29, 0.717) is 0 Å². The summed E-state index contributed by atoms with van der Waals surface area (Å²) in [5.41, 5.74) is 0.165. The molecule has 1 aromatic carbocycles. The first-order valence-corrected chi connectivity index (χ1v) is 9.96. The lowest BCUT2D eigenvalue weighted by Gasteiger charge is -2.43. The molecule has 0 unspecified atom stereocenters. The van der Waals surface area contributed by atoms with E-state index in [9.17, 15) is 35.4 Å². The highest BCUT2D eigenvalue weighted by Gasteiger charge is 2.48. The second-order valence-corrected chi connectivity index (χ2v) is 7.58. The number of hydrogen-bond donors (Lipinski definition) is 6. The van der Waals surface area contributed by atoms with Crippen LogP contribution in [0.5, 0.6) is 0 Å². The Labute approximate surface area is 183 Å². The number of nitriles is 1. The molecule has 6 N–H and O–H groups in total. The van der Waals surface area contributed by atoms with Gasteiger partial charge >= 0.3 is 5.97 Å². The number of rotatable bonds is 5. The quantitative estimate of drug-likeness (QED) is 0.214. The lowest BCUT2D eigenvalue weighted by atomic mass is 9.84. The summed E-state index contributed by atoms with van der Waals surface area (Å²) in [6.07, 6.45) is -12.6. The van der Waals surface area contributed by atoms with Gasteiger partial charge in [-0.05, 0) is 12.1 Å². The molecule has 1 aliphatic heterocycles. The van der Waals surface area contributed by atoms with Crippen LogP contribution in [0.15, 0.2) is 42.0 Å². The smallest absolute Gasteiger partial charge is 0.338 e. The number of esters is 1. The van der Waals surface area contributed by atoms with E-state index in [1.165, 1.54) is 12.1 Å². The zero-order valence-corrected chi connectivity index (χ0v) is 16.8. The molecule has 0 amide bonds. The van der Waals surface area contributed by atoms with E-state index >= 15 is 0 Å². The van der Waals surface area contributed by atoms with Gasteiger partial charge in [0.2, 0.25) is 0 Å². The summed E-state index contributed by atoms with van der Waals surface area (Å²) >= 11 is 0. The van der Waals surface area contributed by atoms with Gasteiger partial charge in [0, 0.05) is 18.1 Å². The number of carbonyl (C=O) groups excluding carboxylic acids is 1. The van der Waals surface area contributed by atoms with Gasteiger partial charge in [0.05, 0.1) is 30.4 Å². The van der Waals surface area contributed by atoms with Gasteiger partial charge in [-0.1, -0.05) is 18.2 Å². The second-order valence-electron chi connectivity index (χ2n) is 7.58. The van der Waals surface area contributed by atoms with Gasteiger partial charge in [-0.15, -0.1) is 0 Å². The Hall–Kier alpha value is -2.40. The minimum Gasteiger partial charge on any atom is -0.453 e. The van der Waals surface area contributed by atoms with E-state index < -0.39 is 67.7 Å². The highest BCUT2D eigenvalue weighted by molar-refractivity contribution is 5.89. The summed E-state index contributed by atoms with van der Waals surface area (Å²) in [7, 11) is 0. The Kier molecular flexibility index (Phi) is 7.94. The van der Waals surface area contributed by atoms with Crippen LogP contribution in [0.2, 0.25) is 0 Å². The average molecular weight is 451 g/mol. The predicted molar refractivity (Wildman–Crippen MR) is 105 cm³/mol. The minimum absolute atomic E-state index is 0.0411. The number of hydrogen-bond acceptors (Lipinski definition) is 11. The van der Waals surface area contributed by atoms with E-state index in [1.807, 2.05) is 0 Å². The highest BCUT2D eigenvalue weighted by atomic mass is 16.7. The molecule has 3 rings (SSSR count). The molecule has 11 heteroatoms. The maximum absolute atomic E-state index is 12.4. The van der Waals surface area contributed by atoms with Crippen LogP contribution in [0.3, 0.4) is 0 Å².